The molecule has 0 saturated heterocycles. The highest BCUT2D eigenvalue weighted by Gasteiger charge is 2.35. The summed E-state index contributed by atoms with van der Waals surface area (Å²) in [4.78, 5) is 12.8. The molecule has 0 bridgehead atoms. The van der Waals surface area contributed by atoms with Crippen molar-refractivity contribution in [1.29, 1.82) is 0 Å². The van der Waals surface area contributed by atoms with Crippen molar-refractivity contribution in [1.82, 2.24) is 9.62 Å². The quantitative estimate of drug-likeness (QED) is 0.714. The van der Waals surface area contributed by atoms with Crippen LogP contribution in [0.5, 0.6) is 0 Å². The second-order valence-electron chi connectivity index (χ2n) is 4.47. The summed E-state index contributed by atoms with van der Waals surface area (Å²) >= 11 is 0. The van der Waals surface area contributed by atoms with Gasteiger partial charge in [-0.05, 0) is 19.8 Å². The van der Waals surface area contributed by atoms with Gasteiger partial charge in [0.05, 0.1) is 0 Å². The fraction of sp³-hybridized carbons (Fsp3) is 0.889. The van der Waals surface area contributed by atoms with Crippen molar-refractivity contribution in [3.05, 3.63) is 0 Å². The fourth-order valence-electron chi connectivity index (χ4n) is 1.59. The molecule has 1 aliphatic rings. The molecule has 0 radical (unpaired) electrons. The minimum absolute atomic E-state index is 0. The van der Waals surface area contributed by atoms with Gasteiger partial charge in [-0.25, -0.2) is 13.1 Å². The Morgan fingerprint density at radius 1 is 1.41 bits per heavy atom. The average Bonchev–Trinajstić information content (AvgIpc) is 2.12. The van der Waals surface area contributed by atoms with Crippen LogP contribution in [0.1, 0.15) is 19.8 Å². The largest absolute Gasteiger partial charge is 0.348 e. The van der Waals surface area contributed by atoms with Gasteiger partial charge >= 0.3 is 0 Å². The highest BCUT2D eigenvalue weighted by atomic mass is 35.5. The lowest BCUT2D eigenvalue weighted by molar-refractivity contribution is -0.127. The molecule has 1 saturated carbocycles. The molecule has 1 atom stereocenters. The standard InChI is InChI=1S/C9H19N3O3S.ClH/c1-6(9(13)12(2)3)16(14,15)11-8-4-7(10)5-8;/h6-8,11H,4-5,10H2,1-3H3;1H. The molecule has 0 heterocycles. The van der Waals surface area contributed by atoms with E-state index in [1.807, 2.05) is 0 Å². The molecule has 1 aliphatic carbocycles. The Labute approximate surface area is 108 Å². The van der Waals surface area contributed by atoms with Crippen LogP contribution in [0, 0.1) is 0 Å². The normalized spacial score (nSPS) is 25.4. The smallest absolute Gasteiger partial charge is 0.241 e. The number of sulfonamides is 1. The summed E-state index contributed by atoms with van der Waals surface area (Å²) < 4.78 is 26.1. The molecule has 0 spiro atoms. The summed E-state index contributed by atoms with van der Waals surface area (Å²) in [7, 11) is -0.514. The molecule has 1 rings (SSSR count). The number of carbonyl (C=O) groups is 1. The predicted octanol–water partition coefficient (Wildman–Crippen LogP) is -0.706. The maximum absolute atomic E-state index is 11.8. The van der Waals surface area contributed by atoms with E-state index >= 15 is 0 Å². The first-order valence-electron chi connectivity index (χ1n) is 5.22. The summed E-state index contributed by atoms with van der Waals surface area (Å²) in [6.45, 7) is 1.39. The Kier molecular flexibility index (Phi) is 5.86. The van der Waals surface area contributed by atoms with Crippen LogP contribution in [0.2, 0.25) is 0 Å². The van der Waals surface area contributed by atoms with E-state index in [1.54, 1.807) is 0 Å². The maximum Gasteiger partial charge on any atom is 0.241 e. The molecular formula is C9H20ClN3O3S. The molecule has 1 amide bonds. The zero-order valence-electron chi connectivity index (χ0n) is 10.2. The number of nitrogens with zero attached hydrogens (tertiary/aromatic N) is 1. The van der Waals surface area contributed by atoms with Gasteiger partial charge in [-0.15, -0.1) is 12.4 Å². The van der Waals surface area contributed by atoms with Gasteiger partial charge < -0.3 is 10.6 Å². The predicted molar refractivity (Wildman–Crippen MR) is 68.5 cm³/mol. The summed E-state index contributed by atoms with van der Waals surface area (Å²) in [5.74, 6) is -0.420. The highest BCUT2D eigenvalue weighted by molar-refractivity contribution is 7.90. The minimum atomic E-state index is -3.58. The number of hydrogen-bond acceptors (Lipinski definition) is 4. The van der Waals surface area contributed by atoms with Crippen LogP contribution < -0.4 is 10.5 Å². The van der Waals surface area contributed by atoms with Crippen molar-refractivity contribution in [2.45, 2.75) is 37.1 Å². The third-order valence-corrected chi connectivity index (χ3v) is 4.55. The first-order valence-corrected chi connectivity index (χ1v) is 6.76. The number of carbonyl (C=O) groups excluding carboxylic acids is 1. The lowest BCUT2D eigenvalue weighted by Gasteiger charge is -2.33. The van der Waals surface area contributed by atoms with E-state index in [9.17, 15) is 13.2 Å². The molecule has 1 unspecified atom stereocenters. The highest BCUT2D eigenvalue weighted by Crippen LogP contribution is 2.19. The van der Waals surface area contributed by atoms with E-state index < -0.39 is 21.2 Å². The Balaban J connectivity index is 0.00000256. The van der Waals surface area contributed by atoms with Crippen LogP contribution in [0.15, 0.2) is 0 Å². The summed E-state index contributed by atoms with van der Waals surface area (Å²) in [6, 6.07) is -0.0371. The lowest BCUT2D eigenvalue weighted by Crippen LogP contribution is -2.53. The molecule has 0 aromatic rings. The molecule has 102 valence electrons. The van der Waals surface area contributed by atoms with E-state index in [1.165, 1.54) is 25.9 Å². The Morgan fingerprint density at radius 3 is 2.24 bits per heavy atom. The SMILES string of the molecule is CC(C(=O)N(C)C)S(=O)(=O)NC1CC(N)C1.Cl. The summed E-state index contributed by atoms with van der Waals surface area (Å²) in [6.07, 6.45) is 1.28. The van der Waals surface area contributed by atoms with E-state index in [2.05, 4.69) is 4.72 Å². The topological polar surface area (TPSA) is 92.5 Å². The molecule has 0 aromatic carbocycles. The van der Waals surface area contributed by atoms with Gasteiger partial charge in [0.1, 0.15) is 0 Å². The van der Waals surface area contributed by atoms with Gasteiger partial charge in [0.25, 0.3) is 0 Å². The Bertz CT molecular complexity index is 366. The average molecular weight is 286 g/mol. The van der Waals surface area contributed by atoms with Crippen molar-refractivity contribution in [3.63, 3.8) is 0 Å². The molecule has 0 aromatic heterocycles. The second kappa shape index (κ2) is 5.99. The first-order chi connectivity index (χ1) is 7.24. The first kappa shape index (κ1) is 16.6. The van der Waals surface area contributed by atoms with Crippen molar-refractivity contribution in [3.8, 4) is 0 Å². The van der Waals surface area contributed by atoms with Crippen molar-refractivity contribution >= 4 is 28.3 Å². The third kappa shape index (κ3) is 4.09. The molecule has 0 aliphatic heterocycles. The van der Waals surface area contributed by atoms with Crippen LogP contribution >= 0.6 is 12.4 Å². The van der Waals surface area contributed by atoms with E-state index in [4.69, 9.17) is 5.73 Å². The molecular weight excluding hydrogens is 266 g/mol. The second-order valence-corrected chi connectivity index (χ2v) is 6.50. The Hall–Kier alpha value is -0.370. The number of nitrogens with two attached hydrogens (primary N) is 1. The van der Waals surface area contributed by atoms with Gasteiger partial charge in [0.15, 0.2) is 5.25 Å². The van der Waals surface area contributed by atoms with Gasteiger partial charge in [-0.3, -0.25) is 4.79 Å². The van der Waals surface area contributed by atoms with Gasteiger partial charge in [-0.1, -0.05) is 0 Å². The van der Waals surface area contributed by atoms with Gasteiger partial charge in [-0.2, -0.15) is 0 Å². The number of rotatable bonds is 4. The van der Waals surface area contributed by atoms with Crippen LogP contribution in [-0.2, 0) is 14.8 Å². The number of amides is 1. The zero-order valence-corrected chi connectivity index (χ0v) is 11.8. The monoisotopic (exact) mass is 285 g/mol. The lowest BCUT2D eigenvalue weighted by atomic mass is 9.89. The summed E-state index contributed by atoms with van der Waals surface area (Å²) in [5.41, 5.74) is 5.56. The van der Waals surface area contributed by atoms with Crippen molar-refractivity contribution < 1.29 is 13.2 Å². The van der Waals surface area contributed by atoms with Gasteiger partial charge in [0, 0.05) is 26.2 Å². The van der Waals surface area contributed by atoms with Crippen LogP contribution in [-0.4, -0.2) is 50.7 Å². The van der Waals surface area contributed by atoms with Crippen LogP contribution in [0.3, 0.4) is 0 Å². The molecule has 1 fully saturated rings. The Morgan fingerprint density at radius 2 is 1.88 bits per heavy atom. The van der Waals surface area contributed by atoms with Crippen LogP contribution in [0.4, 0.5) is 0 Å². The van der Waals surface area contributed by atoms with Crippen LogP contribution in [0.25, 0.3) is 0 Å². The number of halogens is 1. The maximum atomic E-state index is 11.8. The zero-order chi connectivity index (χ0) is 12.5. The molecule has 6 nitrogen and oxygen atoms in total. The van der Waals surface area contributed by atoms with E-state index in [0.717, 1.165) is 0 Å². The van der Waals surface area contributed by atoms with Gasteiger partial charge in [0.2, 0.25) is 15.9 Å². The summed E-state index contributed by atoms with van der Waals surface area (Å²) in [5, 5.41) is -1.06. The van der Waals surface area contributed by atoms with Crippen molar-refractivity contribution in [2.75, 3.05) is 14.1 Å². The van der Waals surface area contributed by atoms with E-state index in [0.29, 0.717) is 12.8 Å². The molecule has 3 N–H and O–H groups in total. The molecule has 17 heavy (non-hydrogen) atoms. The molecule has 8 heteroatoms. The number of nitrogens with one attached hydrogen (secondary N) is 1. The van der Waals surface area contributed by atoms with E-state index in [-0.39, 0.29) is 24.5 Å². The minimum Gasteiger partial charge on any atom is -0.348 e. The third-order valence-electron chi connectivity index (χ3n) is 2.76. The van der Waals surface area contributed by atoms with Crippen molar-refractivity contribution in [2.24, 2.45) is 5.73 Å². The fourth-order valence-corrected chi connectivity index (χ4v) is 2.93. The number of hydrogen-bond donors (Lipinski definition) is 2.